The van der Waals surface area contributed by atoms with E-state index in [-0.39, 0.29) is 30.0 Å². The lowest BCUT2D eigenvalue weighted by atomic mass is 9.72. The fourth-order valence-corrected chi connectivity index (χ4v) is 9.15. The summed E-state index contributed by atoms with van der Waals surface area (Å²) in [7, 11) is 0. The highest BCUT2D eigenvalue weighted by atomic mass is 79.9. The van der Waals surface area contributed by atoms with E-state index in [0.717, 1.165) is 55.5 Å². The van der Waals surface area contributed by atoms with Crippen LogP contribution < -0.4 is 20.7 Å². The summed E-state index contributed by atoms with van der Waals surface area (Å²) in [6.45, 7) is 7.45. The number of carbonyl (C=O) groups excluding carboxylic acids is 2. The average Bonchev–Trinajstić information content (AvgIpc) is 3.95. The van der Waals surface area contributed by atoms with E-state index in [1.165, 1.54) is 5.56 Å². The lowest BCUT2D eigenvalue weighted by Crippen LogP contribution is -2.52. The molecule has 53 heavy (non-hydrogen) atoms. The molecule has 2 aromatic heterocycles. The van der Waals surface area contributed by atoms with Crippen LogP contribution in [0.25, 0.3) is 28.3 Å². The van der Waals surface area contributed by atoms with Gasteiger partial charge in [0.1, 0.15) is 29.4 Å². The van der Waals surface area contributed by atoms with E-state index in [1.54, 1.807) is 20.0 Å². The molecule has 1 aliphatic carbocycles. The summed E-state index contributed by atoms with van der Waals surface area (Å²) in [5.41, 5.74) is 8.06. The number of hydrogen-bond acceptors (Lipinski definition) is 9. The lowest BCUT2D eigenvalue weighted by Gasteiger charge is -2.29. The van der Waals surface area contributed by atoms with Gasteiger partial charge >= 0.3 is 0 Å². The number of nitrogens with one attached hydrogen (secondary N) is 3. The van der Waals surface area contributed by atoms with Gasteiger partial charge in [-0.2, -0.15) is 0 Å². The molecule has 2 unspecified atom stereocenters. The number of aromatic nitrogens is 2. The van der Waals surface area contributed by atoms with E-state index >= 15 is 0 Å². The molecule has 0 saturated carbocycles. The number of aliphatic hydroxyl groups is 1. The van der Waals surface area contributed by atoms with E-state index in [2.05, 4.69) is 68.3 Å². The second-order valence-electron chi connectivity index (χ2n) is 15.3. The standard InChI is InChI=1S/C41H36BrN5O6/c1-17(2)31-39-46-33-35(53-39)41-25-12-19(13-27(36(49)45-31)44-37(50)34(48)18(3)4)8-11-28(25)52-40(41)47-32-24(14-21(42)15-26(32)41)22-7-5-6-20-9-10-23(30(20)22)29-16-43-38(33)51-29/h5-8,10-12,14-18,27,31,34,40,47-48H,9,13H2,1-4H3,(H,44,50)(H,45,49)/t27?,31-,34-,40-,41?/m0/s1. The third-order valence-electron chi connectivity index (χ3n) is 11.3. The predicted octanol–water partition coefficient (Wildman–Crippen LogP) is 6.41. The summed E-state index contributed by atoms with van der Waals surface area (Å²) in [5.74, 6) is 0.760. The van der Waals surface area contributed by atoms with Crippen LogP contribution in [0.1, 0.15) is 79.0 Å². The van der Waals surface area contributed by atoms with Crippen molar-refractivity contribution in [2.24, 2.45) is 11.8 Å². The number of fused-ring (bicyclic) bond motifs is 7. The number of nitrogens with zero attached hydrogens (tertiary/aromatic N) is 2. The molecule has 5 aromatic rings. The van der Waals surface area contributed by atoms with E-state index in [4.69, 9.17) is 23.5 Å². The van der Waals surface area contributed by atoms with Crippen molar-refractivity contribution in [3.05, 3.63) is 111 Å². The number of anilines is 1. The molecule has 0 fully saturated rings. The van der Waals surface area contributed by atoms with Crippen molar-refractivity contribution in [1.82, 2.24) is 20.6 Å². The Balaban J connectivity index is 1.28. The summed E-state index contributed by atoms with van der Waals surface area (Å²) in [6.07, 6.45) is 2.92. The zero-order valence-corrected chi connectivity index (χ0v) is 31.0. The van der Waals surface area contributed by atoms with Gasteiger partial charge in [0.25, 0.3) is 0 Å². The molecule has 10 bridgehead atoms. The smallest absolute Gasteiger partial charge is 0.249 e. The number of aliphatic hydroxyl groups excluding tert-OH is 1. The number of carbonyl (C=O) groups is 2. The summed E-state index contributed by atoms with van der Waals surface area (Å²) < 4.78 is 21.4. The molecule has 5 aliphatic rings. The molecule has 0 radical (unpaired) electrons. The van der Waals surface area contributed by atoms with Crippen LogP contribution in [0, 0.1) is 11.8 Å². The molecule has 10 rings (SSSR count). The van der Waals surface area contributed by atoms with Gasteiger partial charge in [-0.25, -0.2) is 9.97 Å². The zero-order chi connectivity index (χ0) is 36.5. The third-order valence-corrected chi connectivity index (χ3v) is 11.8. The van der Waals surface area contributed by atoms with Crippen LogP contribution in [0.2, 0.25) is 0 Å². The van der Waals surface area contributed by atoms with Gasteiger partial charge in [0.15, 0.2) is 23.4 Å². The summed E-state index contributed by atoms with van der Waals surface area (Å²) in [6, 6.07) is 14.8. The van der Waals surface area contributed by atoms with Crippen molar-refractivity contribution in [1.29, 1.82) is 0 Å². The van der Waals surface area contributed by atoms with Gasteiger partial charge in [0.05, 0.1) is 6.20 Å². The molecule has 2 amide bonds. The SMILES string of the molecule is CC(C)[C@H](O)C(=O)NC1Cc2ccc3c(c2)C24c5cc(Br)cc(c5N[C@H]2O3)-c2cccc3c2C(=CC3)c2cnc(o2)-c2nc(oc24)[C@H](C(C)C)NC1=O. The van der Waals surface area contributed by atoms with Crippen molar-refractivity contribution in [3.63, 3.8) is 0 Å². The summed E-state index contributed by atoms with van der Waals surface area (Å²) in [4.78, 5) is 37.4. The maximum absolute atomic E-state index is 14.2. The number of rotatable bonds is 4. The second-order valence-corrected chi connectivity index (χ2v) is 16.2. The van der Waals surface area contributed by atoms with Crippen LogP contribution in [-0.2, 0) is 27.8 Å². The van der Waals surface area contributed by atoms with Crippen molar-refractivity contribution in [2.75, 3.05) is 5.32 Å². The maximum atomic E-state index is 14.2. The van der Waals surface area contributed by atoms with Crippen LogP contribution in [-0.4, -0.2) is 45.3 Å². The van der Waals surface area contributed by atoms with Crippen molar-refractivity contribution >= 4 is 39.0 Å². The first-order chi connectivity index (χ1) is 25.5. The number of halogens is 1. The minimum Gasteiger partial charge on any atom is -0.469 e. The van der Waals surface area contributed by atoms with Crippen molar-refractivity contribution in [3.8, 4) is 28.5 Å². The maximum Gasteiger partial charge on any atom is 0.249 e. The first-order valence-corrected chi connectivity index (χ1v) is 18.8. The van der Waals surface area contributed by atoms with Crippen LogP contribution in [0.5, 0.6) is 5.75 Å². The number of amides is 2. The summed E-state index contributed by atoms with van der Waals surface area (Å²) in [5, 5.41) is 20.4. The van der Waals surface area contributed by atoms with Gasteiger partial charge in [-0.05, 0) is 58.7 Å². The minimum atomic E-state index is -1.28. The molecule has 5 atom stereocenters. The van der Waals surface area contributed by atoms with Gasteiger partial charge in [0.2, 0.25) is 23.6 Å². The number of allylic oxidation sites excluding steroid dienone is 1. The molecule has 4 N–H and O–H groups in total. The van der Waals surface area contributed by atoms with Gasteiger partial charge in [0, 0.05) is 38.8 Å². The predicted molar refractivity (Wildman–Crippen MR) is 199 cm³/mol. The molecule has 0 saturated heterocycles. The first-order valence-electron chi connectivity index (χ1n) is 18.0. The molecule has 12 heteroatoms. The highest BCUT2D eigenvalue weighted by molar-refractivity contribution is 9.10. The Morgan fingerprint density at radius 2 is 1.91 bits per heavy atom. The van der Waals surface area contributed by atoms with Crippen molar-refractivity contribution in [2.45, 2.75) is 70.4 Å². The zero-order valence-electron chi connectivity index (χ0n) is 29.4. The molecule has 268 valence electrons. The Morgan fingerprint density at radius 3 is 2.72 bits per heavy atom. The van der Waals surface area contributed by atoms with Crippen LogP contribution >= 0.6 is 15.9 Å². The van der Waals surface area contributed by atoms with Gasteiger partial charge in [-0.15, -0.1) is 0 Å². The van der Waals surface area contributed by atoms with Crippen molar-refractivity contribution < 1.29 is 28.3 Å². The van der Waals surface area contributed by atoms with Gasteiger partial charge in [-0.3, -0.25) is 9.59 Å². The van der Waals surface area contributed by atoms with E-state index in [1.807, 2.05) is 32.0 Å². The number of hydrogen-bond donors (Lipinski definition) is 4. The molecule has 11 nitrogen and oxygen atoms in total. The Hall–Kier alpha value is -5.20. The lowest BCUT2D eigenvalue weighted by molar-refractivity contribution is -0.135. The largest absolute Gasteiger partial charge is 0.469 e. The monoisotopic (exact) mass is 773 g/mol. The topological polar surface area (TPSA) is 152 Å². The fraction of sp³-hybridized carbons (Fsp3) is 0.317. The number of benzene rings is 3. The highest BCUT2D eigenvalue weighted by Crippen LogP contribution is 2.62. The average molecular weight is 775 g/mol. The Morgan fingerprint density at radius 1 is 1.06 bits per heavy atom. The fourth-order valence-electron chi connectivity index (χ4n) is 8.69. The second kappa shape index (κ2) is 11.4. The summed E-state index contributed by atoms with van der Waals surface area (Å²) >= 11 is 3.89. The van der Waals surface area contributed by atoms with Crippen LogP contribution in [0.3, 0.4) is 0 Å². The van der Waals surface area contributed by atoms with Crippen LogP contribution in [0.15, 0.2) is 74.1 Å². The first kappa shape index (κ1) is 32.5. The molecule has 1 spiro atoms. The Kier molecular flexibility index (Phi) is 6.98. The Bertz CT molecular complexity index is 2450. The van der Waals surface area contributed by atoms with Crippen LogP contribution in [0.4, 0.5) is 5.69 Å². The number of ether oxygens (including phenoxy) is 1. The van der Waals surface area contributed by atoms with E-state index in [0.29, 0.717) is 23.0 Å². The quantitative estimate of drug-likeness (QED) is 0.162. The van der Waals surface area contributed by atoms with Gasteiger partial charge < -0.3 is 34.6 Å². The minimum absolute atomic E-state index is 0.166. The number of oxazole rings is 2. The molecule has 4 aliphatic heterocycles. The van der Waals surface area contributed by atoms with E-state index < -0.39 is 41.6 Å². The molecular weight excluding hydrogens is 738 g/mol. The normalized spacial score (nSPS) is 23.2. The highest BCUT2D eigenvalue weighted by Gasteiger charge is 2.62. The molecular formula is C41H36BrN5O6. The Labute approximate surface area is 313 Å². The molecule has 6 heterocycles. The third kappa shape index (κ3) is 4.54. The molecule has 3 aromatic carbocycles. The van der Waals surface area contributed by atoms with Gasteiger partial charge in [-0.1, -0.05) is 80.0 Å². The van der Waals surface area contributed by atoms with E-state index in [9.17, 15) is 14.7 Å².